The number of rotatable bonds is 5. The molecule has 0 aliphatic rings. The molecule has 1 aromatic heterocycles. The molecule has 1 rings (SSSR count). The summed E-state index contributed by atoms with van der Waals surface area (Å²) >= 11 is 0. The first-order chi connectivity index (χ1) is 8.81. The van der Waals surface area contributed by atoms with Crippen molar-refractivity contribution in [3.63, 3.8) is 0 Å². The molecule has 1 amide bonds. The molecule has 0 aliphatic heterocycles. The van der Waals surface area contributed by atoms with Crippen LogP contribution in [-0.2, 0) is 9.47 Å². The average molecular weight is 269 g/mol. The van der Waals surface area contributed by atoms with Crippen LogP contribution < -0.4 is 5.32 Å². The fourth-order valence-corrected chi connectivity index (χ4v) is 1.61. The number of ether oxygens (including phenoxy) is 2. The summed E-state index contributed by atoms with van der Waals surface area (Å²) in [4.78, 5) is 11.8. The first-order valence-electron chi connectivity index (χ1n) is 6.36. The maximum absolute atomic E-state index is 11.8. The number of hydrogen-bond donors (Lipinski definition) is 1. The molecular formula is C14H23NO4. The number of methoxy groups -OCH3 is 1. The van der Waals surface area contributed by atoms with E-state index in [0.29, 0.717) is 18.8 Å². The zero-order valence-corrected chi connectivity index (χ0v) is 12.3. The van der Waals surface area contributed by atoms with Gasteiger partial charge in [0.15, 0.2) is 0 Å². The van der Waals surface area contributed by atoms with E-state index in [-0.39, 0.29) is 6.04 Å². The van der Waals surface area contributed by atoms with Crippen LogP contribution in [0.5, 0.6) is 0 Å². The largest absolute Gasteiger partial charge is 0.464 e. The Morgan fingerprint density at radius 2 is 2.11 bits per heavy atom. The quantitative estimate of drug-likeness (QED) is 0.891. The SMILES string of the molecule is COCC[C@@H](NC(=O)OC(C)(C)C)c1ccc(C)o1. The molecule has 0 bridgehead atoms. The maximum Gasteiger partial charge on any atom is 0.408 e. The van der Waals surface area contributed by atoms with Crippen molar-refractivity contribution < 1.29 is 18.7 Å². The number of amides is 1. The van der Waals surface area contributed by atoms with Gasteiger partial charge < -0.3 is 19.2 Å². The second-order valence-corrected chi connectivity index (χ2v) is 5.43. The van der Waals surface area contributed by atoms with Crippen molar-refractivity contribution in [3.05, 3.63) is 23.7 Å². The monoisotopic (exact) mass is 269 g/mol. The highest BCUT2D eigenvalue weighted by Crippen LogP contribution is 2.20. The van der Waals surface area contributed by atoms with Crippen LogP contribution in [0.4, 0.5) is 4.79 Å². The predicted octanol–water partition coefficient (Wildman–Crippen LogP) is 3.19. The molecule has 1 heterocycles. The molecule has 0 spiro atoms. The van der Waals surface area contributed by atoms with Gasteiger partial charge in [-0.25, -0.2) is 4.79 Å². The second kappa shape index (κ2) is 6.61. The summed E-state index contributed by atoms with van der Waals surface area (Å²) in [6, 6.07) is 3.47. The van der Waals surface area contributed by atoms with Crippen molar-refractivity contribution in [2.75, 3.05) is 13.7 Å². The Balaban J connectivity index is 2.67. The lowest BCUT2D eigenvalue weighted by atomic mass is 10.1. The van der Waals surface area contributed by atoms with Gasteiger partial charge in [-0.1, -0.05) is 0 Å². The Bertz CT molecular complexity index is 406. The summed E-state index contributed by atoms with van der Waals surface area (Å²) in [5.74, 6) is 1.52. The van der Waals surface area contributed by atoms with E-state index in [1.165, 1.54) is 0 Å². The van der Waals surface area contributed by atoms with Gasteiger partial charge in [-0.2, -0.15) is 0 Å². The lowest BCUT2D eigenvalue weighted by Gasteiger charge is -2.22. The van der Waals surface area contributed by atoms with Crippen molar-refractivity contribution >= 4 is 6.09 Å². The van der Waals surface area contributed by atoms with Gasteiger partial charge in [0.05, 0.1) is 6.04 Å². The molecule has 1 N–H and O–H groups in total. The Morgan fingerprint density at radius 3 is 2.58 bits per heavy atom. The number of carbonyl (C=O) groups excluding carboxylic acids is 1. The van der Waals surface area contributed by atoms with Crippen molar-refractivity contribution in [1.82, 2.24) is 5.32 Å². The predicted molar refractivity (Wildman–Crippen MR) is 72.0 cm³/mol. The van der Waals surface area contributed by atoms with Gasteiger partial charge in [-0.05, 0) is 46.2 Å². The van der Waals surface area contributed by atoms with Gasteiger partial charge >= 0.3 is 6.09 Å². The van der Waals surface area contributed by atoms with E-state index >= 15 is 0 Å². The highest BCUT2D eigenvalue weighted by Gasteiger charge is 2.22. The number of alkyl carbamates (subject to hydrolysis) is 1. The van der Waals surface area contributed by atoms with Gasteiger partial charge in [0, 0.05) is 13.7 Å². The highest BCUT2D eigenvalue weighted by molar-refractivity contribution is 5.68. The van der Waals surface area contributed by atoms with Crippen molar-refractivity contribution in [2.45, 2.75) is 45.8 Å². The molecule has 0 saturated carbocycles. The third kappa shape index (κ3) is 5.79. The van der Waals surface area contributed by atoms with E-state index in [1.54, 1.807) is 7.11 Å². The smallest absolute Gasteiger partial charge is 0.408 e. The van der Waals surface area contributed by atoms with Crippen molar-refractivity contribution in [1.29, 1.82) is 0 Å². The van der Waals surface area contributed by atoms with Gasteiger partial charge in [0.2, 0.25) is 0 Å². The fraction of sp³-hybridized carbons (Fsp3) is 0.643. The van der Waals surface area contributed by atoms with Crippen molar-refractivity contribution in [3.8, 4) is 0 Å². The van der Waals surface area contributed by atoms with Crippen LogP contribution >= 0.6 is 0 Å². The lowest BCUT2D eigenvalue weighted by Crippen LogP contribution is -2.35. The van der Waals surface area contributed by atoms with E-state index in [0.717, 1.165) is 5.76 Å². The Kier molecular flexibility index (Phi) is 5.42. The van der Waals surface area contributed by atoms with E-state index < -0.39 is 11.7 Å². The number of furan rings is 1. The second-order valence-electron chi connectivity index (χ2n) is 5.43. The summed E-state index contributed by atoms with van der Waals surface area (Å²) in [5.41, 5.74) is -0.519. The van der Waals surface area contributed by atoms with Gasteiger partial charge in [-0.15, -0.1) is 0 Å². The highest BCUT2D eigenvalue weighted by atomic mass is 16.6. The summed E-state index contributed by atoms with van der Waals surface area (Å²) in [6.45, 7) is 7.87. The molecule has 0 radical (unpaired) electrons. The standard InChI is InChI=1S/C14H23NO4/c1-10-6-7-12(18-10)11(8-9-17-5)15-13(16)19-14(2,3)4/h6-7,11H,8-9H2,1-5H3,(H,15,16)/t11-/m1/s1. The lowest BCUT2D eigenvalue weighted by molar-refractivity contribution is 0.0484. The molecule has 5 nitrogen and oxygen atoms in total. The van der Waals surface area contributed by atoms with Crippen LogP contribution in [0, 0.1) is 6.92 Å². The number of carbonyl (C=O) groups is 1. The third-order valence-electron chi connectivity index (χ3n) is 2.41. The van der Waals surface area contributed by atoms with Crippen LogP contribution in [0.15, 0.2) is 16.5 Å². The molecule has 1 aromatic rings. The molecule has 108 valence electrons. The van der Waals surface area contributed by atoms with E-state index in [2.05, 4.69) is 5.32 Å². The van der Waals surface area contributed by atoms with E-state index in [4.69, 9.17) is 13.9 Å². The zero-order chi connectivity index (χ0) is 14.5. The minimum absolute atomic E-state index is 0.247. The topological polar surface area (TPSA) is 60.7 Å². The summed E-state index contributed by atoms with van der Waals surface area (Å²) in [7, 11) is 1.62. The Labute approximate surface area is 114 Å². The summed E-state index contributed by atoms with van der Waals surface area (Å²) in [6.07, 6.45) is 0.172. The first-order valence-corrected chi connectivity index (χ1v) is 6.36. The fourth-order valence-electron chi connectivity index (χ4n) is 1.61. The van der Waals surface area contributed by atoms with Crippen LogP contribution in [0.1, 0.15) is 44.8 Å². The first kappa shape index (κ1) is 15.6. The van der Waals surface area contributed by atoms with Gasteiger partial charge in [-0.3, -0.25) is 0 Å². The summed E-state index contributed by atoms with van der Waals surface area (Å²) < 4.78 is 15.8. The molecule has 19 heavy (non-hydrogen) atoms. The molecule has 0 saturated heterocycles. The molecule has 5 heteroatoms. The normalized spacial score (nSPS) is 13.1. The van der Waals surface area contributed by atoms with Crippen LogP contribution in [0.25, 0.3) is 0 Å². The van der Waals surface area contributed by atoms with E-state index in [9.17, 15) is 4.79 Å². The van der Waals surface area contributed by atoms with Gasteiger partial charge in [0.1, 0.15) is 17.1 Å². The average Bonchev–Trinajstić information content (AvgIpc) is 2.68. The third-order valence-corrected chi connectivity index (χ3v) is 2.41. The minimum Gasteiger partial charge on any atom is -0.464 e. The van der Waals surface area contributed by atoms with E-state index in [1.807, 2.05) is 39.8 Å². The maximum atomic E-state index is 11.8. The summed E-state index contributed by atoms with van der Waals surface area (Å²) in [5, 5.41) is 2.80. The number of aryl methyl sites for hydroxylation is 1. The number of hydrogen-bond acceptors (Lipinski definition) is 4. The minimum atomic E-state index is -0.519. The Hall–Kier alpha value is -1.49. The molecule has 0 fully saturated rings. The van der Waals surface area contributed by atoms with Crippen molar-refractivity contribution in [2.24, 2.45) is 0 Å². The molecular weight excluding hydrogens is 246 g/mol. The molecule has 1 atom stereocenters. The van der Waals surface area contributed by atoms with Gasteiger partial charge in [0.25, 0.3) is 0 Å². The molecule has 0 aromatic carbocycles. The molecule has 0 aliphatic carbocycles. The zero-order valence-electron chi connectivity index (χ0n) is 12.3. The van der Waals surface area contributed by atoms with Crippen LogP contribution in [0.2, 0.25) is 0 Å². The van der Waals surface area contributed by atoms with Crippen LogP contribution in [0.3, 0.4) is 0 Å². The molecule has 0 unspecified atom stereocenters. The van der Waals surface area contributed by atoms with Crippen LogP contribution in [-0.4, -0.2) is 25.4 Å². The number of nitrogens with one attached hydrogen (secondary N) is 1. The Morgan fingerprint density at radius 1 is 1.42 bits per heavy atom.